The predicted molar refractivity (Wildman–Crippen MR) is 79.3 cm³/mol. The second-order valence-electron chi connectivity index (χ2n) is 4.71. The minimum absolute atomic E-state index is 0.342. The third kappa shape index (κ3) is 2.53. The van der Waals surface area contributed by atoms with E-state index in [1.807, 2.05) is 6.20 Å². The van der Waals surface area contributed by atoms with E-state index in [0.29, 0.717) is 18.0 Å². The molecule has 1 aromatic heterocycles. The average molecular weight is 356 g/mol. The Balaban J connectivity index is 1.89. The Morgan fingerprint density at radius 2 is 1.75 bits per heavy atom. The first-order chi connectivity index (χ1) is 9.57. The molecule has 1 aromatic carbocycles. The lowest BCUT2D eigenvalue weighted by Gasteiger charge is -2.15. The molecule has 0 aliphatic carbocycles. The van der Waals surface area contributed by atoms with Gasteiger partial charge < -0.3 is 0 Å². The first kappa shape index (κ1) is 13.8. The van der Waals surface area contributed by atoms with Crippen LogP contribution in [0.15, 0.2) is 46.0 Å². The third-order valence-corrected chi connectivity index (χ3v) is 5.68. The van der Waals surface area contributed by atoms with E-state index in [9.17, 15) is 8.42 Å². The summed E-state index contributed by atoms with van der Waals surface area (Å²) in [5, 5.41) is 4.17. The van der Waals surface area contributed by atoms with Gasteiger partial charge in [-0.15, -0.1) is 0 Å². The Morgan fingerprint density at radius 3 is 2.30 bits per heavy atom. The molecular weight excluding hydrogens is 342 g/mol. The monoisotopic (exact) mass is 355 g/mol. The van der Waals surface area contributed by atoms with Crippen LogP contribution >= 0.6 is 15.9 Å². The lowest BCUT2D eigenvalue weighted by atomic mass is 10.3. The van der Waals surface area contributed by atoms with Gasteiger partial charge >= 0.3 is 0 Å². The minimum Gasteiger partial charge on any atom is -0.240 e. The van der Waals surface area contributed by atoms with Crippen molar-refractivity contribution in [3.63, 3.8) is 0 Å². The van der Waals surface area contributed by atoms with Gasteiger partial charge in [0.2, 0.25) is 10.0 Å². The molecule has 7 heteroatoms. The van der Waals surface area contributed by atoms with Gasteiger partial charge in [-0.05, 0) is 53.0 Å². The summed E-state index contributed by atoms with van der Waals surface area (Å²) in [7, 11) is -3.34. The van der Waals surface area contributed by atoms with Gasteiger partial charge in [0.25, 0.3) is 0 Å². The number of sulfonamides is 1. The molecule has 0 unspecified atom stereocenters. The molecule has 0 amide bonds. The van der Waals surface area contributed by atoms with Crippen molar-refractivity contribution in [3.8, 4) is 5.69 Å². The number of aromatic nitrogens is 2. The Morgan fingerprint density at radius 1 is 1.10 bits per heavy atom. The molecule has 2 heterocycles. The normalized spacial score (nSPS) is 16.6. The highest BCUT2D eigenvalue weighted by Crippen LogP contribution is 2.22. The average Bonchev–Trinajstić information content (AvgIpc) is 3.10. The van der Waals surface area contributed by atoms with Crippen LogP contribution in [-0.2, 0) is 10.0 Å². The van der Waals surface area contributed by atoms with Gasteiger partial charge in [-0.2, -0.15) is 9.40 Å². The molecule has 0 bridgehead atoms. The quantitative estimate of drug-likeness (QED) is 0.849. The number of benzene rings is 1. The van der Waals surface area contributed by atoms with Crippen molar-refractivity contribution < 1.29 is 8.42 Å². The number of halogens is 1. The standard InChI is InChI=1S/C13H14BrN3O2S/c14-11-9-15-17(10-11)12-3-5-13(6-4-12)20(18,19)16-7-1-2-8-16/h3-6,9-10H,1-2,7-8H2. The molecule has 0 N–H and O–H groups in total. The van der Waals surface area contributed by atoms with Crippen LogP contribution in [0.3, 0.4) is 0 Å². The molecule has 106 valence electrons. The van der Waals surface area contributed by atoms with E-state index in [-0.39, 0.29) is 0 Å². The molecule has 0 spiro atoms. The van der Waals surface area contributed by atoms with Gasteiger partial charge in [0.05, 0.1) is 21.3 Å². The third-order valence-electron chi connectivity index (χ3n) is 3.36. The van der Waals surface area contributed by atoms with Crippen molar-refractivity contribution in [3.05, 3.63) is 41.1 Å². The van der Waals surface area contributed by atoms with Crippen molar-refractivity contribution in [2.75, 3.05) is 13.1 Å². The predicted octanol–water partition coefficient (Wildman–Crippen LogP) is 2.42. The molecule has 2 aromatic rings. The SMILES string of the molecule is O=S(=O)(c1ccc(-n2cc(Br)cn2)cc1)N1CCCC1. The molecule has 1 fully saturated rings. The maximum Gasteiger partial charge on any atom is 0.243 e. The van der Waals surface area contributed by atoms with Gasteiger partial charge in [-0.1, -0.05) is 0 Å². The maximum absolute atomic E-state index is 12.4. The lowest BCUT2D eigenvalue weighted by Crippen LogP contribution is -2.27. The van der Waals surface area contributed by atoms with E-state index in [1.165, 1.54) is 0 Å². The van der Waals surface area contributed by atoms with Crippen LogP contribution in [0.4, 0.5) is 0 Å². The van der Waals surface area contributed by atoms with E-state index < -0.39 is 10.0 Å². The van der Waals surface area contributed by atoms with Crippen LogP contribution in [0, 0.1) is 0 Å². The van der Waals surface area contributed by atoms with Gasteiger partial charge in [0, 0.05) is 19.3 Å². The number of nitrogens with zero attached hydrogens (tertiary/aromatic N) is 3. The van der Waals surface area contributed by atoms with E-state index in [2.05, 4.69) is 21.0 Å². The second kappa shape index (κ2) is 5.31. The zero-order valence-electron chi connectivity index (χ0n) is 10.7. The number of hydrogen-bond donors (Lipinski definition) is 0. The fourth-order valence-corrected chi connectivity index (χ4v) is 4.09. The van der Waals surface area contributed by atoms with E-state index in [4.69, 9.17) is 0 Å². The summed E-state index contributed by atoms with van der Waals surface area (Å²) in [6.07, 6.45) is 5.40. The van der Waals surface area contributed by atoms with Crippen LogP contribution < -0.4 is 0 Å². The Kier molecular flexibility index (Phi) is 3.66. The van der Waals surface area contributed by atoms with E-state index in [0.717, 1.165) is 23.0 Å². The molecule has 5 nitrogen and oxygen atoms in total. The van der Waals surface area contributed by atoms with Crippen LogP contribution in [0.5, 0.6) is 0 Å². The molecule has 0 saturated carbocycles. The van der Waals surface area contributed by atoms with Crippen LogP contribution in [-0.4, -0.2) is 35.6 Å². The fraction of sp³-hybridized carbons (Fsp3) is 0.308. The molecule has 1 aliphatic rings. The van der Waals surface area contributed by atoms with Crippen molar-refractivity contribution in [1.82, 2.24) is 14.1 Å². The summed E-state index contributed by atoms with van der Waals surface area (Å²) in [5.41, 5.74) is 0.830. The number of hydrogen-bond acceptors (Lipinski definition) is 3. The largest absolute Gasteiger partial charge is 0.243 e. The molecule has 3 rings (SSSR count). The zero-order chi connectivity index (χ0) is 14.2. The molecule has 1 aliphatic heterocycles. The summed E-state index contributed by atoms with van der Waals surface area (Å²) in [6, 6.07) is 6.81. The molecule has 0 radical (unpaired) electrons. The maximum atomic E-state index is 12.4. The van der Waals surface area contributed by atoms with Crippen molar-refractivity contribution >= 4 is 26.0 Å². The lowest BCUT2D eigenvalue weighted by molar-refractivity contribution is 0.477. The van der Waals surface area contributed by atoms with Crippen LogP contribution in [0.2, 0.25) is 0 Å². The summed E-state index contributed by atoms with van der Waals surface area (Å²) >= 11 is 3.33. The van der Waals surface area contributed by atoms with Crippen molar-refractivity contribution in [2.24, 2.45) is 0 Å². The number of rotatable bonds is 3. The fourth-order valence-electron chi connectivity index (χ4n) is 2.29. The summed E-state index contributed by atoms with van der Waals surface area (Å²) < 4.78 is 28.9. The summed E-state index contributed by atoms with van der Waals surface area (Å²) in [5.74, 6) is 0. The molecule has 0 atom stereocenters. The van der Waals surface area contributed by atoms with Gasteiger partial charge in [0.1, 0.15) is 0 Å². The minimum atomic E-state index is -3.34. The highest BCUT2D eigenvalue weighted by molar-refractivity contribution is 9.10. The van der Waals surface area contributed by atoms with Crippen molar-refractivity contribution in [2.45, 2.75) is 17.7 Å². The Hall–Kier alpha value is -1.18. The van der Waals surface area contributed by atoms with E-state index in [1.54, 1.807) is 39.4 Å². The smallest absolute Gasteiger partial charge is 0.240 e. The molecule has 20 heavy (non-hydrogen) atoms. The topological polar surface area (TPSA) is 55.2 Å². The van der Waals surface area contributed by atoms with Crippen molar-refractivity contribution in [1.29, 1.82) is 0 Å². The molecular formula is C13H14BrN3O2S. The summed E-state index contributed by atoms with van der Waals surface area (Å²) in [6.45, 7) is 1.24. The van der Waals surface area contributed by atoms with E-state index >= 15 is 0 Å². The van der Waals surface area contributed by atoms with Crippen LogP contribution in [0.1, 0.15) is 12.8 Å². The van der Waals surface area contributed by atoms with Gasteiger partial charge in [-0.3, -0.25) is 0 Å². The molecule has 1 saturated heterocycles. The van der Waals surface area contributed by atoms with Gasteiger partial charge in [-0.25, -0.2) is 13.1 Å². The highest BCUT2D eigenvalue weighted by atomic mass is 79.9. The Labute approximate surface area is 126 Å². The second-order valence-corrected chi connectivity index (χ2v) is 7.56. The summed E-state index contributed by atoms with van der Waals surface area (Å²) in [4.78, 5) is 0.342. The zero-order valence-corrected chi connectivity index (χ0v) is 13.1. The Bertz CT molecular complexity index is 703. The van der Waals surface area contributed by atoms with Gasteiger partial charge in [0.15, 0.2) is 0 Å². The first-order valence-electron chi connectivity index (χ1n) is 6.38. The first-order valence-corrected chi connectivity index (χ1v) is 8.61. The highest BCUT2D eigenvalue weighted by Gasteiger charge is 2.26. The van der Waals surface area contributed by atoms with Crippen LogP contribution in [0.25, 0.3) is 5.69 Å².